The summed E-state index contributed by atoms with van der Waals surface area (Å²) in [6.07, 6.45) is -0.178. The van der Waals surface area contributed by atoms with E-state index < -0.39 is 27.9 Å². The predicted octanol–water partition coefficient (Wildman–Crippen LogP) is -0.273. The normalized spacial score (nSPS) is 12.7. The Morgan fingerprint density at radius 3 is 2.25 bits per heavy atom. The van der Waals surface area contributed by atoms with E-state index in [0.29, 0.717) is 5.56 Å². The quantitative estimate of drug-likeness (QED) is 0.669. The molecule has 8 heteroatoms. The van der Waals surface area contributed by atoms with Crippen molar-refractivity contribution < 1.29 is 23.1 Å². The lowest BCUT2D eigenvalue weighted by atomic mass is 10.2. The third-order valence-electron chi connectivity index (χ3n) is 2.56. The molecule has 110 valence electrons. The van der Waals surface area contributed by atoms with Crippen molar-refractivity contribution in [3.63, 3.8) is 0 Å². The molecule has 0 heterocycles. The second-order valence-electron chi connectivity index (χ2n) is 4.17. The number of rotatable bonds is 6. The number of sulfonamides is 1. The van der Waals surface area contributed by atoms with Crippen molar-refractivity contribution >= 4 is 21.9 Å². The molecule has 0 aromatic heterocycles. The van der Waals surface area contributed by atoms with Gasteiger partial charge in [-0.05, 0) is 24.6 Å². The molecule has 1 aromatic rings. The van der Waals surface area contributed by atoms with Gasteiger partial charge in [0.15, 0.2) is 0 Å². The Hall–Kier alpha value is -1.93. The van der Waals surface area contributed by atoms with Crippen molar-refractivity contribution in [2.75, 3.05) is 7.05 Å². The van der Waals surface area contributed by atoms with Crippen LogP contribution >= 0.6 is 0 Å². The van der Waals surface area contributed by atoms with E-state index in [9.17, 15) is 18.0 Å². The summed E-state index contributed by atoms with van der Waals surface area (Å²) in [7, 11) is -2.41. The van der Waals surface area contributed by atoms with E-state index in [0.717, 1.165) is 0 Å². The zero-order valence-electron chi connectivity index (χ0n) is 11.1. The lowest BCUT2D eigenvalue weighted by Gasteiger charge is -2.13. The summed E-state index contributed by atoms with van der Waals surface area (Å²) in [6, 6.07) is 4.55. The van der Waals surface area contributed by atoms with Crippen LogP contribution in [0.1, 0.15) is 12.5 Å². The maximum atomic E-state index is 12.0. The standard InChI is InChI=1S/C12H16N2O5S/c1-8(12(17)13-2)14-20(18,19)10-5-3-9(4-6-10)7-11(15)16/h3-6,8,14H,7H2,1-2H3,(H,13,17)(H,15,16). The monoisotopic (exact) mass is 300 g/mol. The van der Waals surface area contributed by atoms with Gasteiger partial charge in [0, 0.05) is 7.05 Å². The van der Waals surface area contributed by atoms with Crippen molar-refractivity contribution in [2.45, 2.75) is 24.3 Å². The highest BCUT2D eigenvalue weighted by Gasteiger charge is 2.21. The van der Waals surface area contributed by atoms with Crippen molar-refractivity contribution in [3.8, 4) is 0 Å². The molecule has 20 heavy (non-hydrogen) atoms. The van der Waals surface area contributed by atoms with Crippen LogP contribution in [0.4, 0.5) is 0 Å². The van der Waals surface area contributed by atoms with E-state index in [1.807, 2.05) is 0 Å². The number of nitrogens with one attached hydrogen (secondary N) is 2. The van der Waals surface area contributed by atoms with E-state index >= 15 is 0 Å². The van der Waals surface area contributed by atoms with Gasteiger partial charge in [-0.3, -0.25) is 9.59 Å². The summed E-state index contributed by atoms with van der Waals surface area (Å²) in [5.74, 6) is -1.44. The third kappa shape index (κ3) is 4.32. The van der Waals surface area contributed by atoms with Gasteiger partial charge in [-0.15, -0.1) is 0 Å². The molecule has 0 saturated heterocycles. The molecule has 0 bridgehead atoms. The fraction of sp³-hybridized carbons (Fsp3) is 0.333. The molecule has 1 amide bonds. The Bertz CT molecular complexity index is 595. The van der Waals surface area contributed by atoms with Gasteiger partial charge in [0.05, 0.1) is 17.4 Å². The fourth-order valence-electron chi connectivity index (χ4n) is 1.53. The van der Waals surface area contributed by atoms with Crippen LogP contribution in [-0.2, 0) is 26.0 Å². The first-order valence-electron chi connectivity index (χ1n) is 5.81. The first-order chi connectivity index (χ1) is 9.26. The molecule has 0 fully saturated rings. The Balaban J connectivity index is 2.88. The predicted molar refractivity (Wildman–Crippen MR) is 71.6 cm³/mol. The van der Waals surface area contributed by atoms with Crippen LogP contribution in [-0.4, -0.2) is 38.5 Å². The highest BCUT2D eigenvalue weighted by atomic mass is 32.2. The Morgan fingerprint density at radius 1 is 1.25 bits per heavy atom. The van der Waals surface area contributed by atoms with Gasteiger partial charge >= 0.3 is 5.97 Å². The maximum Gasteiger partial charge on any atom is 0.307 e. The number of likely N-dealkylation sites (N-methyl/N-ethyl adjacent to an activating group) is 1. The van der Waals surface area contributed by atoms with Crippen LogP contribution in [0.15, 0.2) is 29.2 Å². The van der Waals surface area contributed by atoms with E-state index in [2.05, 4.69) is 10.0 Å². The topological polar surface area (TPSA) is 113 Å². The molecule has 0 saturated carbocycles. The van der Waals surface area contributed by atoms with Crippen molar-refractivity contribution in [3.05, 3.63) is 29.8 Å². The van der Waals surface area contributed by atoms with E-state index in [1.165, 1.54) is 38.2 Å². The molecule has 0 aliphatic heterocycles. The maximum absolute atomic E-state index is 12.0. The van der Waals surface area contributed by atoms with Gasteiger partial charge in [0.2, 0.25) is 15.9 Å². The third-order valence-corrected chi connectivity index (χ3v) is 4.12. The van der Waals surface area contributed by atoms with Gasteiger partial charge in [0.25, 0.3) is 0 Å². The lowest BCUT2D eigenvalue weighted by Crippen LogP contribution is -2.43. The number of carbonyl (C=O) groups is 2. The molecule has 7 nitrogen and oxygen atoms in total. The van der Waals surface area contributed by atoms with Crippen LogP contribution < -0.4 is 10.0 Å². The van der Waals surface area contributed by atoms with Crippen LogP contribution in [0.5, 0.6) is 0 Å². The largest absolute Gasteiger partial charge is 0.481 e. The van der Waals surface area contributed by atoms with Crippen LogP contribution in [0.3, 0.4) is 0 Å². The minimum absolute atomic E-state index is 0.0256. The SMILES string of the molecule is CNC(=O)C(C)NS(=O)(=O)c1ccc(CC(=O)O)cc1. The van der Waals surface area contributed by atoms with Gasteiger partial charge in [-0.2, -0.15) is 4.72 Å². The molecule has 0 spiro atoms. The van der Waals surface area contributed by atoms with E-state index in [-0.39, 0.29) is 11.3 Å². The van der Waals surface area contributed by atoms with Crippen molar-refractivity contribution in [2.24, 2.45) is 0 Å². The van der Waals surface area contributed by atoms with Crippen LogP contribution in [0.2, 0.25) is 0 Å². The number of carboxylic acid groups (broad SMARTS) is 1. The molecule has 1 aromatic carbocycles. The highest BCUT2D eigenvalue weighted by Crippen LogP contribution is 2.11. The first-order valence-corrected chi connectivity index (χ1v) is 7.29. The minimum Gasteiger partial charge on any atom is -0.481 e. The molecule has 0 aliphatic rings. The summed E-state index contributed by atoms with van der Waals surface area (Å²) in [5.41, 5.74) is 0.496. The van der Waals surface area contributed by atoms with Gasteiger partial charge in [0.1, 0.15) is 0 Å². The van der Waals surface area contributed by atoms with Crippen molar-refractivity contribution in [1.82, 2.24) is 10.0 Å². The molecule has 1 unspecified atom stereocenters. The average Bonchev–Trinajstić information content (AvgIpc) is 2.37. The Morgan fingerprint density at radius 2 is 1.80 bits per heavy atom. The molecule has 0 aliphatic carbocycles. The van der Waals surface area contributed by atoms with Gasteiger partial charge < -0.3 is 10.4 Å². The highest BCUT2D eigenvalue weighted by molar-refractivity contribution is 7.89. The summed E-state index contributed by atoms with van der Waals surface area (Å²) in [6.45, 7) is 1.43. The van der Waals surface area contributed by atoms with Crippen molar-refractivity contribution in [1.29, 1.82) is 0 Å². The number of amides is 1. The number of benzene rings is 1. The van der Waals surface area contributed by atoms with E-state index in [4.69, 9.17) is 5.11 Å². The smallest absolute Gasteiger partial charge is 0.307 e. The Kier molecular flexibility index (Phi) is 5.23. The summed E-state index contributed by atoms with van der Waals surface area (Å²) < 4.78 is 26.2. The minimum atomic E-state index is -3.82. The van der Waals surface area contributed by atoms with Crippen LogP contribution in [0, 0.1) is 0 Å². The average molecular weight is 300 g/mol. The number of aliphatic carboxylic acids is 1. The molecular weight excluding hydrogens is 284 g/mol. The Labute approximate surface area is 117 Å². The van der Waals surface area contributed by atoms with E-state index in [1.54, 1.807) is 0 Å². The zero-order valence-corrected chi connectivity index (χ0v) is 11.9. The fourth-order valence-corrected chi connectivity index (χ4v) is 2.73. The van der Waals surface area contributed by atoms with Crippen LogP contribution in [0.25, 0.3) is 0 Å². The van der Waals surface area contributed by atoms with Gasteiger partial charge in [-0.25, -0.2) is 8.42 Å². The summed E-state index contributed by atoms with van der Waals surface area (Å²) in [5, 5.41) is 11.0. The zero-order chi connectivity index (χ0) is 15.3. The number of hydrogen-bond donors (Lipinski definition) is 3. The molecular formula is C12H16N2O5S. The number of carboxylic acids is 1. The molecule has 1 rings (SSSR count). The molecule has 3 N–H and O–H groups in total. The lowest BCUT2D eigenvalue weighted by molar-refractivity contribution is -0.136. The second-order valence-corrected chi connectivity index (χ2v) is 5.89. The van der Waals surface area contributed by atoms with Gasteiger partial charge in [-0.1, -0.05) is 12.1 Å². The molecule has 1 atom stereocenters. The second kappa shape index (κ2) is 6.49. The number of carbonyl (C=O) groups excluding carboxylic acids is 1. The summed E-state index contributed by atoms with van der Waals surface area (Å²) >= 11 is 0. The summed E-state index contributed by atoms with van der Waals surface area (Å²) in [4.78, 5) is 21.8. The number of hydrogen-bond acceptors (Lipinski definition) is 4. The molecule has 0 radical (unpaired) electrons. The first kappa shape index (κ1) is 16.1.